The number of carbonyl (C=O) groups excluding carboxylic acids is 2. The van der Waals surface area contributed by atoms with Crippen molar-refractivity contribution in [2.75, 3.05) is 5.73 Å². The molecule has 4 nitrogen and oxygen atoms in total. The summed E-state index contributed by atoms with van der Waals surface area (Å²) in [5.41, 5.74) is 6.76. The van der Waals surface area contributed by atoms with Gasteiger partial charge in [0.05, 0.1) is 17.7 Å². The third kappa shape index (κ3) is 1.75. The molecule has 2 N–H and O–H groups in total. The van der Waals surface area contributed by atoms with Gasteiger partial charge >= 0.3 is 0 Å². The molecule has 1 aliphatic heterocycles. The largest absolute Gasteiger partial charge is 0.398 e. The summed E-state index contributed by atoms with van der Waals surface area (Å²) in [5, 5.41) is 0. The Morgan fingerprint density at radius 3 is 2.45 bits per heavy atom. The molecule has 20 heavy (non-hydrogen) atoms. The second-order valence-corrected chi connectivity index (χ2v) is 4.56. The Morgan fingerprint density at radius 2 is 1.75 bits per heavy atom. The summed E-state index contributed by atoms with van der Waals surface area (Å²) in [7, 11) is 0. The van der Waals surface area contributed by atoms with Gasteiger partial charge in [0.25, 0.3) is 11.8 Å². The van der Waals surface area contributed by atoms with Crippen LogP contribution in [0.15, 0.2) is 42.5 Å². The predicted molar refractivity (Wildman–Crippen MR) is 71.5 cm³/mol. The zero-order valence-electron chi connectivity index (χ0n) is 10.5. The second-order valence-electron chi connectivity index (χ2n) is 4.56. The van der Waals surface area contributed by atoms with E-state index in [1.54, 1.807) is 36.4 Å². The SMILES string of the molecule is Nc1cccc2c1C(=O)N(Cc1ccccc1F)C2=O. The smallest absolute Gasteiger partial charge is 0.263 e. The minimum absolute atomic E-state index is 0.0988. The van der Waals surface area contributed by atoms with Crippen LogP contribution in [-0.2, 0) is 6.54 Å². The first-order valence-electron chi connectivity index (χ1n) is 6.07. The molecule has 100 valence electrons. The molecule has 0 aromatic heterocycles. The zero-order chi connectivity index (χ0) is 14.3. The summed E-state index contributed by atoms with van der Waals surface area (Å²) in [5.74, 6) is -1.37. The van der Waals surface area contributed by atoms with Crippen molar-refractivity contribution in [2.24, 2.45) is 0 Å². The average Bonchev–Trinajstić information content (AvgIpc) is 2.67. The molecule has 0 bridgehead atoms. The molecule has 1 aliphatic rings. The molecule has 2 aromatic rings. The quantitative estimate of drug-likeness (QED) is 0.672. The number of amides is 2. The number of carbonyl (C=O) groups is 2. The number of hydrogen-bond donors (Lipinski definition) is 1. The van der Waals surface area contributed by atoms with Gasteiger partial charge in [-0.05, 0) is 18.2 Å². The van der Waals surface area contributed by atoms with E-state index in [2.05, 4.69) is 0 Å². The lowest BCUT2D eigenvalue weighted by atomic mass is 10.1. The Balaban J connectivity index is 1.99. The van der Waals surface area contributed by atoms with Crippen molar-refractivity contribution in [1.29, 1.82) is 0 Å². The number of nitrogens with zero attached hydrogens (tertiary/aromatic N) is 1. The number of anilines is 1. The van der Waals surface area contributed by atoms with Crippen LogP contribution in [-0.4, -0.2) is 16.7 Å². The topological polar surface area (TPSA) is 63.4 Å². The normalized spacial score (nSPS) is 13.8. The van der Waals surface area contributed by atoms with Crippen molar-refractivity contribution in [1.82, 2.24) is 4.90 Å². The highest BCUT2D eigenvalue weighted by Gasteiger charge is 2.37. The summed E-state index contributed by atoms with van der Waals surface area (Å²) < 4.78 is 13.6. The first-order chi connectivity index (χ1) is 9.59. The summed E-state index contributed by atoms with van der Waals surface area (Å²) >= 11 is 0. The summed E-state index contributed by atoms with van der Waals surface area (Å²) in [4.78, 5) is 25.5. The lowest BCUT2D eigenvalue weighted by molar-refractivity contribution is 0.0641. The average molecular weight is 270 g/mol. The van der Waals surface area contributed by atoms with Gasteiger partial charge in [0.2, 0.25) is 0 Å². The van der Waals surface area contributed by atoms with Crippen LogP contribution >= 0.6 is 0 Å². The lowest BCUT2D eigenvalue weighted by Crippen LogP contribution is -2.29. The van der Waals surface area contributed by atoms with Crippen molar-refractivity contribution in [3.63, 3.8) is 0 Å². The molecule has 2 aromatic carbocycles. The van der Waals surface area contributed by atoms with E-state index in [9.17, 15) is 14.0 Å². The molecule has 0 aliphatic carbocycles. The summed E-state index contributed by atoms with van der Waals surface area (Å²) in [6.45, 7) is -0.0988. The molecular formula is C15H11FN2O2. The van der Waals surface area contributed by atoms with Crippen molar-refractivity contribution in [3.8, 4) is 0 Å². The highest BCUT2D eigenvalue weighted by molar-refractivity contribution is 6.23. The van der Waals surface area contributed by atoms with Gasteiger partial charge in [-0.15, -0.1) is 0 Å². The molecule has 0 spiro atoms. The first kappa shape index (κ1) is 12.3. The molecule has 3 rings (SSSR count). The van der Waals surface area contributed by atoms with Gasteiger partial charge in [0, 0.05) is 11.3 Å². The first-order valence-corrected chi connectivity index (χ1v) is 6.07. The standard InChI is InChI=1S/C15H11FN2O2/c16-11-6-2-1-4-9(11)8-18-14(19)10-5-3-7-12(17)13(10)15(18)20/h1-7H,8,17H2. The molecule has 0 atom stereocenters. The highest BCUT2D eigenvalue weighted by Crippen LogP contribution is 2.28. The number of fused-ring (bicyclic) bond motifs is 1. The highest BCUT2D eigenvalue weighted by atomic mass is 19.1. The minimum Gasteiger partial charge on any atom is -0.398 e. The number of nitrogens with two attached hydrogens (primary N) is 1. The van der Waals surface area contributed by atoms with Crippen molar-refractivity contribution >= 4 is 17.5 Å². The molecule has 2 amide bonds. The fourth-order valence-electron chi connectivity index (χ4n) is 2.30. The Morgan fingerprint density at radius 1 is 1.00 bits per heavy atom. The van der Waals surface area contributed by atoms with Crippen LogP contribution in [0.4, 0.5) is 10.1 Å². The fourth-order valence-corrected chi connectivity index (χ4v) is 2.30. The molecule has 0 saturated heterocycles. The van der Waals surface area contributed by atoms with E-state index in [0.717, 1.165) is 4.90 Å². The van der Waals surface area contributed by atoms with Crippen molar-refractivity contribution in [3.05, 3.63) is 65.0 Å². The third-order valence-electron chi connectivity index (χ3n) is 3.32. The van der Waals surface area contributed by atoms with Crippen LogP contribution in [0, 0.1) is 5.82 Å². The second kappa shape index (κ2) is 4.45. The van der Waals surface area contributed by atoms with Gasteiger partial charge < -0.3 is 5.73 Å². The predicted octanol–water partition coefficient (Wildman–Crippen LogP) is 2.20. The molecule has 0 radical (unpaired) electrons. The van der Waals surface area contributed by atoms with E-state index in [0.29, 0.717) is 5.56 Å². The minimum atomic E-state index is -0.480. The Kier molecular flexibility index (Phi) is 2.75. The maximum Gasteiger partial charge on any atom is 0.263 e. The monoisotopic (exact) mass is 270 g/mol. The number of halogens is 1. The van der Waals surface area contributed by atoms with Gasteiger partial charge in [0.15, 0.2) is 0 Å². The van der Waals surface area contributed by atoms with Gasteiger partial charge in [-0.2, -0.15) is 0 Å². The van der Waals surface area contributed by atoms with Gasteiger partial charge in [0.1, 0.15) is 5.82 Å². The maximum atomic E-state index is 13.6. The lowest BCUT2D eigenvalue weighted by Gasteiger charge is -2.14. The molecule has 0 unspecified atom stereocenters. The molecular weight excluding hydrogens is 259 g/mol. The Bertz CT molecular complexity index is 728. The van der Waals surface area contributed by atoms with Crippen LogP contribution in [0.25, 0.3) is 0 Å². The third-order valence-corrected chi connectivity index (χ3v) is 3.32. The number of nitrogen functional groups attached to an aromatic ring is 1. The number of benzene rings is 2. The summed E-state index contributed by atoms with van der Waals surface area (Å²) in [6.07, 6.45) is 0. The van der Waals surface area contributed by atoms with Crippen LogP contribution in [0.5, 0.6) is 0 Å². The van der Waals surface area contributed by atoms with Gasteiger partial charge in [-0.3, -0.25) is 14.5 Å². The molecule has 1 heterocycles. The number of rotatable bonds is 2. The zero-order valence-corrected chi connectivity index (χ0v) is 10.5. The van der Waals surface area contributed by atoms with E-state index in [1.807, 2.05) is 0 Å². The van der Waals surface area contributed by atoms with Crippen LogP contribution in [0.3, 0.4) is 0 Å². The van der Waals surface area contributed by atoms with E-state index >= 15 is 0 Å². The molecule has 5 heteroatoms. The van der Waals surface area contributed by atoms with E-state index < -0.39 is 17.6 Å². The van der Waals surface area contributed by atoms with E-state index in [4.69, 9.17) is 5.73 Å². The van der Waals surface area contributed by atoms with Gasteiger partial charge in [-0.25, -0.2) is 4.39 Å². The number of hydrogen-bond acceptors (Lipinski definition) is 3. The fraction of sp³-hybridized carbons (Fsp3) is 0.0667. The summed E-state index contributed by atoms with van der Waals surface area (Å²) in [6, 6.07) is 10.8. The Hall–Kier alpha value is -2.69. The molecule has 0 fully saturated rings. The van der Waals surface area contributed by atoms with Crippen molar-refractivity contribution < 1.29 is 14.0 Å². The van der Waals surface area contributed by atoms with Crippen LogP contribution < -0.4 is 5.73 Å². The van der Waals surface area contributed by atoms with Crippen LogP contribution in [0.1, 0.15) is 26.3 Å². The molecule has 0 saturated carbocycles. The van der Waals surface area contributed by atoms with E-state index in [-0.39, 0.29) is 23.4 Å². The van der Waals surface area contributed by atoms with Crippen LogP contribution in [0.2, 0.25) is 0 Å². The Labute approximate surface area is 114 Å². The van der Waals surface area contributed by atoms with Crippen molar-refractivity contribution in [2.45, 2.75) is 6.54 Å². The maximum absolute atomic E-state index is 13.6. The number of imide groups is 1. The van der Waals surface area contributed by atoms with Gasteiger partial charge in [-0.1, -0.05) is 24.3 Å². The van der Waals surface area contributed by atoms with E-state index in [1.165, 1.54) is 6.07 Å².